The number of carbonyl (C=O) groups is 1. The molecule has 0 saturated heterocycles. The van der Waals surface area contributed by atoms with Crippen molar-refractivity contribution in [1.29, 1.82) is 0 Å². The van der Waals surface area contributed by atoms with Crippen LogP contribution in [0.2, 0.25) is 5.02 Å². The molecule has 88 valence electrons. The van der Waals surface area contributed by atoms with E-state index in [0.29, 0.717) is 6.42 Å². The molecule has 0 bridgehead atoms. The molecule has 1 rings (SSSR count). The molecule has 2 nitrogen and oxygen atoms in total. The largest absolute Gasteiger partial charge is 0.324 e. The van der Waals surface area contributed by atoms with Crippen LogP contribution >= 0.6 is 11.6 Å². The maximum Gasteiger partial charge on any atom is 0.224 e. The first-order valence-electron chi connectivity index (χ1n) is 5.03. The van der Waals surface area contributed by atoms with E-state index in [1.54, 1.807) is 6.07 Å². The second kappa shape index (κ2) is 4.83. The number of amides is 1. The standard InChI is InChI=1S/C12H15ClFNO/c1-12(2,3)7-10(16)15-9-6-4-5-8(13)11(9)14/h4-6H,7H2,1-3H3,(H,15,16). The molecular formula is C12H15ClFNO. The minimum atomic E-state index is -0.591. The summed E-state index contributed by atoms with van der Waals surface area (Å²) >= 11 is 5.60. The van der Waals surface area contributed by atoms with Crippen LogP contribution in [0.1, 0.15) is 27.2 Å². The van der Waals surface area contributed by atoms with Gasteiger partial charge >= 0.3 is 0 Å². The molecule has 0 heterocycles. The van der Waals surface area contributed by atoms with Gasteiger partial charge in [0.15, 0.2) is 5.82 Å². The predicted molar refractivity (Wildman–Crippen MR) is 64.1 cm³/mol. The van der Waals surface area contributed by atoms with E-state index in [0.717, 1.165) is 0 Å². The quantitative estimate of drug-likeness (QED) is 0.840. The lowest BCUT2D eigenvalue weighted by atomic mass is 9.92. The molecule has 1 amide bonds. The number of rotatable bonds is 2. The highest BCUT2D eigenvalue weighted by molar-refractivity contribution is 6.31. The lowest BCUT2D eigenvalue weighted by Gasteiger charge is -2.17. The Hall–Kier alpha value is -1.09. The van der Waals surface area contributed by atoms with Crippen molar-refractivity contribution < 1.29 is 9.18 Å². The average Bonchev–Trinajstić information content (AvgIpc) is 2.09. The fourth-order valence-corrected chi connectivity index (χ4v) is 1.45. The zero-order valence-corrected chi connectivity index (χ0v) is 10.4. The summed E-state index contributed by atoms with van der Waals surface area (Å²) in [5.41, 5.74) is 0.000762. The number of nitrogens with one attached hydrogen (secondary N) is 1. The van der Waals surface area contributed by atoms with Gasteiger partial charge in [-0.15, -0.1) is 0 Å². The van der Waals surface area contributed by atoms with E-state index in [1.807, 2.05) is 20.8 Å². The summed E-state index contributed by atoms with van der Waals surface area (Å²) in [5.74, 6) is -0.805. The van der Waals surface area contributed by atoms with Crippen LogP contribution in [0.15, 0.2) is 18.2 Å². The lowest BCUT2D eigenvalue weighted by Crippen LogP contribution is -2.20. The van der Waals surface area contributed by atoms with Crippen LogP contribution in [0.25, 0.3) is 0 Å². The highest BCUT2D eigenvalue weighted by atomic mass is 35.5. The third kappa shape index (κ3) is 3.81. The second-order valence-electron chi connectivity index (χ2n) is 4.89. The summed E-state index contributed by atoms with van der Waals surface area (Å²) in [6.07, 6.45) is 0.332. The zero-order valence-electron chi connectivity index (χ0n) is 9.60. The lowest BCUT2D eigenvalue weighted by molar-refractivity contribution is -0.117. The summed E-state index contributed by atoms with van der Waals surface area (Å²) in [5, 5.41) is 2.52. The molecule has 0 aromatic heterocycles. The van der Waals surface area contributed by atoms with Gasteiger partial charge in [0.1, 0.15) is 0 Å². The van der Waals surface area contributed by atoms with Crippen molar-refractivity contribution in [1.82, 2.24) is 0 Å². The number of halogens is 2. The molecular weight excluding hydrogens is 229 g/mol. The first-order chi connectivity index (χ1) is 7.29. The Kier molecular flexibility index (Phi) is 3.92. The molecule has 4 heteroatoms. The summed E-state index contributed by atoms with van der Waals surface area (Å²) in [4.78, 5) is 11.6. The van der Waals surface area contributed by atoms with E-state index < -0.39 is 5.82 Å². The van der Waals surface area contributed by atoms with Crippen molar-refractivity contribution in [2.75, 3.05) is 5.32 Å². The third-order valence-electron chi connectivity index (χ3n) is 1.92. The number of carbonyl (C=O) groups excluding carboxylic acids is 1. The molecule has 0 atom stereocenters. The van der Waals surface area contributed by atoms with Crippen LogP contribution in [0.3, 0.4) is 0 Å². The van der Waals surface area contributed by atoms with Crippen molar-refractivity contribution in [2.24, 2.45) is 5.41 Å². The second-order valence-corrected chi connectivity index (χ2v) is 5.29. The van der Waals surface area contributed by atoms with E-state index in [4.69, 9.17) is 11.6 Å². The molecule has 0 radical (unpaired) electrons. The minimum Gasteiger partial charge on any atom is -0.324 e. The molecule has 0 unspecified atom stereocenters. The molecule has 1 N–H and O–H groups in total. The fourth-order valence-electron chi connectivity index (χ4n) is 1.28. The summed E-state index contributed by atoms with van der Waals surface area (Å²) in [7, 11) is 0. The van der Waals surface area contributed by atoms with Gasteiger partial charge in [0, 0.05) is 6.42 Å². The van der Waals surface area contributed by atoms with Gasteiger partial charge in [-0.1, -0.05) is 38.4 Å². The average molecular weight is 244 g/mol. The first-order valence-corrected chi connectivity index (χ1v) is 5.41. The molecule has 1 aromatic rings. The predicted octanol–water partition coefficient (Wildman–Crippen LogP) is 3.85. The van der Waals surface area contributed by atoms with Gasteiger partial charge in [-0.05, 0) is 17.5 Å². The topological polar surface area (TPSA) is 29.1 Å². The summed E-state index contributed by atoms with van der Waals surface area (Å²) in [6.45, 7) is 5.84. The van der Waals surface area contributed by atoms with Crippen molar-refractivity contribution in [3.8, 4) is 0 Å². The molecule has 0 spiro atoms. The Morgan fingerprint density at radius 1 is 1.44 bits per heavy atom. The highest BCUT2D eigenvalue weighted by Crippen LogP contribution is 2.24. The van der Waals surface area contributed by atoms with Crippen LogP contribution in [-0.4, -0.2) is 5.91 Å². The molecule has 0 saturated carbocycles. The van der Waals surface area contributed by atoms with E-state index in [2.05, 4.69) is 5.32 Å². The fraction of sp³-hybridized carbons (Fsp3) is 0.417. The maximum absolute atomic E-state index is 13.4. The van der Waals surface area contributed by atoms with Gasteiger partial charge in [-0.25, -0.2) is 4.39 Å². The first kappa shape index (κ1) is 13.0. The molecule has 16 heavy (non-hydrogen) atoms. The van der Waals surface area contributed by atoms with Crippen LogP contribution in [-0.2, 0) is 4.79 Å². The van der Waals surface area contributed by atoms with E-state index in [-0.39, 0.29) is 22.0 Å². The molecule has 0 aliphatic carbocycles. The summed E-state index contributed by atoms with van der Waals surface area (Å²) in [6, 6.07) is 4.52. The van der Waals surface area contributed by atoms with Gasteiger partial charge in [0.2, 0.25) is 5.91 Å². The Morgan fingerprint density at radius 2 is 2.06 bits per heavy atom. The third-order valence-corrected chi connectivity index (χ3v) is 2.21. The zero-order chi connectivity index (χ0) is 12.3. The van der Waals surface area contributed by atoms with Crippen LogP contribution < -0.4 is 5.32 Å². The number of hydrogen-bond acceptors (Lipinski definition) is 1. The normalized spacial score (nSPS) is 11.3. The minimum absolute atomic E-state index is 0.00792. The van der Waals surface area contributed by atoms with Gasteiger partial charge in [-0.3, -0.25) is 4.79 Å². The Balaban J connectivity index is 2.74. The SMILES string of the molecule is CC(C)(C)CC(=O)Nc1cccc(Cl)c1F. The number of hydrogen-bond donors (Lipinski definition) is 1. The Bertz CT molecular complexity index is 398. The van der Waals surface area contributed by atoms with Gasteiger partial charge < -0.3 is 5.32 Å². The summed E-state index contributed by atoms with van der Waals surface area (Å²) < 4.78 is 13.4. The monoisotopic (exact) mass is 243 g/mol. The Labute approximate surface area is 99.8 Å². The van der Waals surface area contributed by atoms with Crippen LogP contribution in [0, 0.1) is 11.2 Å². The Morgan fingerprint density at radius 3 is 2.62 bits per heavy atom. The van der Waals surface area contributed by atoms with E-state index in [1.165, 1.54) is 12.1 Å². The smallest absolute Gasteiger partial charge is 0.224 e. The molecule has 0 fully saturated rings. The van der Waals surface area contributed by atoms with Crippen LogP contribution in [0.5, 0.6) is 0 Å². The van der Waals surface area contributed by atoms with Gasteiger partial charge in [-0.2, -0.15) is 0 Å². The van der Waals surface area contributed by atoms with Gasteiger partial charge in [0.05, 0.1) is 10.7 Å². The highest BCUT2D eigenvalue weighted by Gasteiger charge is 2.17. The molecule has 0 aliphatic rings. The number of anilines is 1. The van der Waals surface area contributed by atoms with E-state index in [9.17, 15) is 9.18 Å². The van der Waals surface area contributed by atoms with Gasteiger partial charge in [0.25, 0.3) is 0 Å². The van der Waals surface area contributed by atoms with Crippen LogP contribution in [0.4, 0.5) is 10.1 Å². The molecule has 1 aromatic carbocycles. The number of benzene rings is 1. The maximum atomic E-state index is 13.4. The van der Waals surface area contributed by atoms with Crippen molar-refractivity contribution >= 4 is 23.2 Å². The molecule has 0 aliphatic heterocycles. The van der Waals surface area contributed by atoms with Crippen molar-refractivity contribution in [2.45, 2.75) is 27.2 Å². The van der Waals surface area contributed by atoms with E-state index >= 15 is 0 Å². The van der Waals surface area contributed by atoms with Crippen molar-refractivity contribution in [3.05, 3.63) is 29.0 Å². The van der Waals surface area contributed by atoms with Crippen molar-refractivity contribution in [3.63, 3.8) is 0 Å².